The second-order valence-corrected chi connectivity index (χ2v) is 6.55. The van der Waals surface area contributed by atoms with Crippen LogP contribution in [0.5, 0.6) is 0 Å². The maximum atomic E-state index is 12.3. The van der Waals surface area contributed by atoms with Crippen molar-refractivity contribution in [1.29, 1.82) is 5.26 Å². The van der Waals surface area contributed by atoms with Crippen LogP contribution in [0.1, 0.15) is 21.5 Å². The fraction of sp³-hybridized carbons (Fsp3) is 0.333. The molecule has 0 spiro atoms. The van der Waals surface area contributed by atoms with Gasteiger partial charge in [0.1, 0.15) is 23.3 Å². The van der Waals surface area contributed by atoms with Gasteiger partial charge in [-0.2, -0.15) is 5.26 Å². The molecule has 0 aliphatic rings. The number of methoxy groups -OCH3 is 3. The number of carbonyl (C=O) groups is 2. The topological polar surface area (TPSA) is 135 Å². The summed E-state index contributed by atoms with van der Waals surface area (Å²) in [7, 11) is 4.01. The number of aromatic nitrogens is 1. The van der Waals surface area contributed by atoms with E-state index in [-0.39, 0.29) is 30.1 Å². The number of hydrogen-bond acceptors (Lipinski definition) is 9. The summed E-state index contributed by atoms with van der Waals surface area (Å²) >= 11 is 0. The molecule has 0 fully saturated rings. The predicted octanol–water partition coefficient (Wildman–Crippen LogP) is 2.57. The number of nitrogens with zero attached hydrogens (tertiary/aromatic N) is 2. The first-order valence-corrected chi connectivity index (χ1v) is 9.36. The first-order chi connectivity index (χ1) is 14.9. The highest BCUT2D eigenvalue weighted by Crippen LogP contribution is 2.26. The average molecular weight is 427 g/mol. The molecule has 0 aliphatic carbocycles. The molecule has 1 atom stereocenters. The number of alkyl carbamates (subject to hydrolysis) is 1. The van der Waals surface area contributed by atoms with Crippen LogP contribution in [0.15, 0.2) is 30.3 Å². The number of rotatable bonds is 9. The molecule has 10 heteroatoms. The molecule has 3 N–H and O–H groups in total. The molecule has 1 aromatic carbocycles. The lowest BCUT2D eigenvalue weighted by atomic mass is 10.1. The van der Waals surface area contributed by atoms with E-state index in [9.17, 15) is 14.9 Å². The van der Waals surface area contributed by atoms with E-state index in [4.69, 9.17) is 9.47 Å². The smallest absolute Gasteiger partial charge is 0.407 e. The van der Waals surface area contributed by atoms with Crippen molar-refractivity contribution in [2.24, 2.45) is 0 Å². The van der Waals surface area contributed by atoms with Crippen molar-refractivity contribution < 1.29 is 23.8 Å². The minimum absolute atomic E-state index is 0.0261. The maximum absolute atomic E-state index is 12.3. The number of anilines is 3. The molecule has 10 nitrogen and oxygen atoms in total. The predicted molar refractivity (Wildman–Crippen MR) is 114 cm³/mol. The Balaban J connectivity index is 2.36. The maximum Gasteiger partial charge on any atom is 0.407 e. The van der Waals surface area contributed by atoms with Crippen molar-refractivity contribution in [3.05, 3.63) is 47.0 Å². The van der Waals surface area contributed by atoms with E-state index in [1.807, 2.05) is 37.3 Å². The highest BCUT2D eigenvalue weighted by Gasteiger charge is 2.21. The van der Waals surface area contributed by atoms with E-state index in [0.717, 1.165) is 5.56 Å². The van der Waals surface area contributed by atoms with Gasteiger partial charge in [-0.1, -0.05) is 12.1 Å². The Morgan fingerprint density at radius 1 is 1.19 bits per heavy atom. The number of carbonyl (C=O) groups excluding carboxylic acids is 2. The van der Waals surface area contributed by atoms with Crippen molar-refractivity contribution in [1.82, 2.24) is 10.3 Å². The Bertz CT molecular complexity index is 973. The minimum Gasteiger partial charge on any atom is -0.465 e. The van der Waals surface area contributed by atoms with Crippen LogP contribution in [0.3, 0.4) is 0 Å². The van der Waals surface area contributed by atoms with Crippen LogP contribution in [-0.2, 0) is 14.2 Å². The summed E-state index contributed by atoms with van der Waals surface area (Å²) < 4.78 is 14.6. The van der Waals surface area contributed by atoms with Gasteiger partial charge in [-0.3, -0.25) is 0 Å². The Kier molecular flexibility index (Phi) is 8.60. The zero-order chi connectivity index (χ0) is 22.8. The summed E-state index contributed by atoms with van der Waals surface area (Å²) in [4.78, 5) is 28.3. The monoisotopic (exact) mass is 427 g/mol. The minimum atomic E-state index is -0.685. The Morgan fingerprint density at radius 2 is 1.97 bits per heavy atom. The van der Waals surface area contributed by atoms with Crippen molar-refractivity contribution in [2.75, 3.05) is 45.1 Å². The van der Waals surface area contributed by atoms with E-state index >= 15 is 0 Å². The Labute approximate surface area is 180 Å². The summed E-state index contributed by atoms with van der Waals surface area (Å²) in [6.45, 7) is 2.40. The molecule has 0 saturated heterocycles. The second kappa shape index (κ2) is 11.4. The van der Waals surface area contributed by atoms with E-state index < -0.39 is 18.1 Å². The van der Waals surface area contributed by atoms with Crippen molar-refractivity contribution in [3.63, 3.8) is 0 Å². The van der Waals surface area contributed by atoms with Gasteiger partial charge < -0.3 is 30.2 Å². The molecule has 1 heterocycles. The van der Waals surface area contributed by atoms with E-state index in [1.165, 1.54) is 27.4 Å². The number of aryl methyl sites for hydroxylation is 1. The number of esters is 1. The molecule has 31 heavy (non-hydrogen) atoms. The van der Waals surface area contributed by atoms with Gasteiger partial charge in [0, 0.05) is 19.3 Å². The summed E-state index contributed by atoms with van der Waals surface area (Å²) in [6.07, 6.45) is -0.600. The summed E-state index contributed by atoms with van der Waals surface area (Å²) in [5.74, 6) is -0.189. The zero-order valence-electron chi connectivity index (χ0n) is 17.8. The highest BCUT2D eigenvalue weighted by molar-refractivity contribution is 5.98. The van der Waals surface area contributed by atoms with Crippen LogP contribution >= 0.6 is 0 Å². The molecular formula is C21H25N5O5. The van der Waals surface area contributed by atoms with Gasteiger partial charge in [0.25, 0.3) is 0 Å². The first-order valence-electron chi connectivity index (χ1n) is 9.36. The fourth-order valence-electron chi connectivity index (χ4n) is 2.79. The third kappa shape index (κ3) is 6.58. The molecule has 1 amide bonds. The second-order valence-electron chi connectivity index (χ2n) is 6.55. The zero-order valence-corrected chi connectivity index (χ0v) is 17.8. The Morgan fingerprint density at radius 3 is 2.58 bits per heavy atom. The van der Waals surface area contributed by atoms with Gasteiger partial charge in [-0.25, -0.2) is 14.6 Å². The Hall–Kier alpha value is -3.84. The van der Waals surface area contributed by atoms with Crippen LogP contribution < -0.4 is 16.0 Å². The SMILES string of the molecule is COC[C@@H](CNc1cc(C#N)c(C(=O)OC)c(Nc2cccc(C)c2)n1)NC(=O)OC. The molecule has 0 unspecified atom stereocenters. The largest absolute Gasteiger partial charge is 0.465 e. The third-order valence-electron chi connectivity index (χ3n) is 4.22. The summed E-state index contributed by atoms with van der Waals surface area (Å²) in [5, 5.41) is 18.4. The number of amides is 1. The van der Waals surface area contributed by atoms with Gasteiger partial charge in [-0.05, 0) is 30.7 Å². The van der Waals surface area contributed by atoms with Crippen LogP contribution in [-0.4, -0.2) is 57.6 Å². The van der Waals surface area contributed by atoms with Crippen LogP contribution in [0, 0.1) is 18.3 Å². The van der Waals surface area contributed by atoms with E-state index in [2.05, 4.69) is 25.7 Å². The lowest BCUT2D eigenvalue weighted by molar-refractivity contribution is 0.0601. The van der Waals surface area contributed by atoms with Gasteiger partial charge in [0.15, 0.2) is 0 Å². The van der Waals surface area contributed by atoms with Gasteiger partial charge in [0.05, 0.1) is 32.4 Å². The molecule has 2 rings (SSSR count). The standard InChI is InChI=1S/C21H25N5O5/c1-13-6-5-7-15(8-13)24-19-18(20(27)30-3)14(10-22)9-17(26-19)23-11-16(12-29-2)25-21(28)31-4/h5-9,16H,11-12H2,1-4H3,(H,25,28)(H2,23,24,26)/t16-/m1/s1. The van der Waals surface area contributed by atoms with Crippen LogP contribution in [0.2, 0.25) is 0 Å². The van der Waals surface area contributed by atoms with Gasteiger partial charge in [0.2, 0.25) is 0 Å². The lowest BCUT2D eigenvalue weighted by Gasteiger charge is -2.19. The fourth-order valence-corrected chi connectivity index (χ4v) is 2.79. The summed E-state index contributed by atoms with van der Waals surface area (Å²) in [6, 6.07) is 10.5. The van der Waals surface area contributed by atoms with Crippen molar-refractivity contribution in [3.8, 4) is 6.07 Å². The number of benzene rings is 1. The molecule has 0 bridgehead atoms. The lowest BCUT2D eigenvalue weighted by Crippen LogP contribution is -2.42. The number of ether oxygens (including phenoxy) is 3. The summed E-state index contributed by atoms with van der Waals surface area (Å²) in [5.41, 5.74) is 1.82. The van der Waals surface area contributed by atoms with Crippen molar-refractivity contribution >= 4 is 29.4 Å². The molecule has 0 radical (unpaired) electrons. The number of hydrogen-bond donors (Lipinski definition) is 3. The molecule has 0 saturated carbocycles. The number of pyridine rings is 1. The van der Waals surface area contributed by atoms with Crippen LogP contribution in [0.25, 0.3) is 0 Å². The normalized spacial score (nSPS) is 11.1. The number of nitriles is 1. The molecule has 2 aromatic rings. The van der Waals surface area contributed by atoms with Crippen molar-refractivity contribution in [2.45, 2.75) is 13.0 Å². The van der Waals surface area contributed by atoms with Crippen LogP contribution in [0.4, 0.5) is 22.1 Å². The molecular weight excluding hydrogens is 402 g/mol. The number of nitrogens with one attached hydrogen (secondary N) is 3. The molecule has 1 aromatic heterocycles. The van der Waals surface area contributed by atoms with E-state index in [0.29, 0.717) is 11.5 Å². The third-order valence-corrected chi connectivity index (χ3v) is 4.22. The highest BCUT2D eigenvalue weighted by atomic mass is 16.5. The molecule has 0 aliphatic heterocycles. The van der Waals surface area contributed by atoms with Gasteiger partial charge in [-0.15, -0.1) is 0 Å². The van der Waals surface area contributed by atoms with Gasteiger partial charge >= 0.3 is 12.1 Å². The van der Waals surface area contributed by atoms with E-state index in [1.54, 1.807) is 0 Å². The molecule has 164 valence electrons. The quantitative estimate of drug-likeness (QED) is 0.516. The average Bonchev–Trinajstić information content (AvgIpc) is 2.76. The first kappa shape index (κ1) is 23.4.